The van der Waals surface area contributed by atoms with Crippen molar-refractivity contribution in [2.24, 2.45) is 5.92 Å². The summed E-state index contributed by atoms with van der Waals surface area (Å²) in [6.07, 6.45) is 7.84. The Bertz CT molecular complexity index is 75.6. The Morgan fingerprint density at radius 3 is 1.27 bits per heavy atom. The maximum Gasteiger partial charge on any atom is 0.0540 e. The highest BCUT2D eigenvalue weighted by atomic mass is 35.5. The highest BCUT2D eigenvalue weighted by Gasteiger charge is 2.11. The minimum Gasteiger partial charge on any atom is -0.393 e. The van der Waals surface area contributed by atoms with Gasteiger partial charge in [-0.05, 0) is 25.2 Å². The zero-order valence-corrected chi connectivity index (χ0v) is 8.07. The van der Waals surface area contributed by atoms with Crippen molar-refractivity contribution in [3.8, 4) is 0 Å². The topological polar surface area (TPSA) is 20.2 Å². The first-order valence-corrected chi connectivity index (χ1v) is 4.47. The minimum atomic E-state index is 0. The Hall–Kier alpha value is 0.250. The molecule has 0 heterocycles. The number of aliphatic hydroxyl groups excluding tert-OH is 1. The van der Waals surface area contributed by atoms with E-state index < -0.39 is 0 Å². The predicted molar refractivity (Wildman–Crippen MR) is 50.1 cm³/mol. The summed E-state index contributed by atoms with van der Waals surface area (Å²) in [7, 11) is 0. The minimum absolute atomic E-state index is 0. The Labute approximate surface area is 75.6 Å². The fourth-order valence-electron chi connectivity index (χ4n) is 0.999. The lowest BCUT2D eigenvalue weighted by Crippen LogP contribution is -2.15. The second kappa shape index (κ2) is 5.84. The van der Waals surface area contributed by atoms with Crippen LogP contribution < -0.4 is 0 Å². The lowest BCUT2D eigenvalue weighted by atomic mass is 9.88. The van der Waals surface area contributed by atoms with E-state index in [9.17, 15) is 0 Å². The van der Waals surface area contributed by atoms with Crippen LogP contribution in [0, 0.1) is 5.92 Å². The third-order valence-electron chi connectivity index (χ3n) is 2.47. The van der Waals surface area contributed by atoms with Gasteiger partial charge in [-0.25, -0.2) is 0 Å². The molecule has 68 valence electrons. The Morgan fingerprint density at radius 2 is 1.27 bits per heavy atom. The van der Waals surface area contributed by atoms with E-state index in [-0.39, 0.29) is 18.5 Å². The van der Waals surface area contributed by atoms with Gasteiger partial charge in [-0.15, -0.1) is 12.4 Å². The van der Waals surface area contributed by atoms with E-state index in [1.165, 1.54) is 25.7 Å². The molecule has 0 spiro atoms. The van der Waals surface area contributed by atoms with Crippen molar-refractivity contribution in [3.05, 3.63) is 0 Å². The Kier molecular flexibility index (Phi) is 5.98. The molecule has 2 aliphatic carbocycles. The second-order valence-electron chi connectivity index (χ2n) is 3.62. The molecule has 0 aliphatic heterocycles. The molecule has 0 radical (unpaired) electrons. The highest BCUT2D eigenvalue weighted by molar-refractivity contribution is 5.85. The van der Waals surface area contributed by atoms with E-state index in [0.717, 1.165) is 18.8 Å². The molecule has 11 heavy (non-hydrogen) atoms. The lowest BCUT2D eigenvalue weighted by molar-refractivity contribution is 0.0950. The normalized spacial score (nSPS) is 23.5. The van der Waals surface area contributed by atoms with Gasteiger partial charge in [-0.2, -0.15) is 0 Å². The molecule has 0 saturated heterocycles. The van der Waals surface area contributed by atoms with Crippen LogP contribution in [0.5, 0.6) is 0 Å². The molecular formula is C9H19ClO. The van der Waals surface area contributed by atoms with E-state index >= 15 is 0 Å². The molecule has 0 atom stereocenters. The SMILES string of the molecule is CC1CCC1.Cl.OC1CCC1. The van der Waals surface area contributed by atoms with E-state index in [1.807, 2.05) is 0 Å². The summed E-state index contributed by atoms with van der Waals surface area (Å²) in [5.41, 5.74) is 0. The van der Waals surface area contributed by atoms with Crippen molar-refractivity contribution < 1.29 is 5.11 Å². The van der Waals surface area contributed by atoms with E-state index in [4.69, 9.17) is 5.11 Å². The van der Waals surface area contributed by atoms with Crippen LogP contribution in [0.4, 0.5) is 0 Å². The van der Waals surface area contributed by atoms with Gasteiger partial charge in [0.1, 0.15) is 0 Å². The van der Waals surface area contributed by atoms with Crippen LogP contribution in [0.1, 0.15) is 45.4 Å². The molecule has 1 nitrogen and oxygen atoms in total. The molecular weight excluding hydrogens is 160 g/mol. The number of aliphatic hydroxyl groups is 1. The smallest absolute Gasteiger partial charge is 0.0540 e. The van der Waals surface area contributed by atoms with Gasteiger partial charge in [0.25, 0.3) is 0 Å². The molecule has 2 aliphatic rings. The van der Waals surface area contributed by atoms with Crippen molar-refractivity contribution in [1.29, 1.82) is 0 Å². The standard InChI is InChI=1S/C5H10.C4H8O.ClH/c1-5-3-2-4-5;5-4-2-1-3-4;/h5H,2-4H2,1H3;4-5H,1-3H2;1H. The molecule has 2 rings (SSSR count). The van der Waals surface area contributed by atoms with E-state index in [0.29, 0.717) is 0 Å². The van der Waals surface area contributed by atoms with Crippen LogP contribution in [-0.2, 0) is 0 Å². The summed E-state index contributed by atoms with van der Waals surface area (Å²) in [4.78, 5) is 0. The van der Waals surface area contributed by atoms with Gasteiger partial charge >= 0.3 is 0 Å². The number of hydrogen-bond acceptors (Lipinski definition) is 1. The van der Waals surface area contributed by atoms with E-state index in [1.54, 1.807) is 0 Å². The summed E-state index contributed by atoms with van der Waals surface area (Å²) < 4.78 is 0. The zero-order valence-electron chi connectivity index (χ0n) is 7.25. The first-order valence-electron chi connectivity index (χ1n) is 4.47. The van der Waals surface area contributed by atoms with Gasteiger partial charge < -0.3 is 5.11 Å². The van der Waals surface area contributed by atoms with Crippen LogP contribution in [0.3, 0.4) is 0 Å². The molecule has 0 aromatic carbocycles. The second-order valence-corrected chi connectivity index (χ2v) is 3.62. The number of rotatable bonds is 0. The van der Waals surface area contributed by atoms with Crippen molar-refractivity contribution in [2.45, 2.75) is 51.6 Å². The first-order chi connectivity index (χ1) is 4.79. The Morgan fingerprint density at radius 1 is 1.00 bits per heavy atom. The predicted octanol–water partition coefficient (Wildman–Crippen LogP) is 2.76. The monoisotopic (exact) mass is 178 g/mol. The van der Waals surface area contributed by atoms with Gasteiger partial charge in [0.05, 0.1) is 6.10 Å². The van der Waals surface area contributed by atoms with Crippen LogP contribution >= 0.6 is 12.4 Å². The average molecular weight is 179 g/mol. The van der Waals surface area contributed by atoms with Crippen molar-refractivity contribution in [3.63, 3.8) is 0 Å². The first kappa shape index (κ1) is 11.2. The molecule has 2 fully saturated rings. The largest absolute Gasteiger partial charge is 0.393 e. The van der Waals surface area contributed by atoms with Crippen molar-refractivity contribution in [2.75, 3.05) is 0 Å². The van der Waals surface area contributed by atoms with Gasteiger partial charge in [0.15, 0.2) is 0 Å². The third kappa shape index (κ3) is 4.65. The molecule has 0 bridgehead atoms. The summed E-state index contributed by atoms with van der Waals surface area (Å²) in [5.74, 6) is 1.06. The third-order valence-corrected chi connectivity index (χ3v) is 2.47. The summed E-state index contributed by atoms with van der Waals surface area (Å²) in [6, 6.07) is 0. The fourth-order valence-corrected chi connectivity index (χ4v) is 0.999. The number of halogens is 1. The van der Waals surface area contributed by atoms with Crippen LogP contribution in [0.15, 0.2) is 0 Å². The lowest BCUT2D eigenvalue weighted by Gasteiger charge is -2.18. The Balaban J connectivity index is 0.000000167. The quantitative estimate of drug-likeness (QED) is 0.605. The zero-order chi connectivity index (χ0) is 7.40. The summed E-state index contributed by atoms with van der Waals surface area (Å²) >= 11 is 0. The molecule has 0 unspecified atom stereocenters. The van der Waals surface area contributed by atoms with Gasteiger partial charge in [0.2, 0.25) is 0 Å². The summed E-state index contributed by atoms with van der Waals surface area (Å²) in [5, 5.41) is 8.45. The molecule has 2 saturated carbocycles. The van der Waals surface area contributed by atoms with Crippen LogP contribution in [0.25, 0.3) is 0 Å². The van der Waals surface area contributed by atoms with Gasteiger partial charge in [0, 0.05) is 0 Å². The van der Waals surface area contributed by atoms with E-state index in [2.05, 4.69) is 6.92 Å². The molecule has 2 heteroatoms. The van der Waals surface area contributed by atoms with Crippen molar-refractivity contribution >= 4 is 12.4 Å². The van der Waals surface area contributed by atoms with Gasteiger partial charge in [-0.3, -0.25) is 0 Å². The molecule has 0 aromatic heterocycles. The maximum absolute atomic E-state index is 8.45. The van der Waals surface area contributed by atoms with Crippen molar-refractivity contribution in [1.82, 2.24) is 0 Å². The fraction of sp³-hybridized carbons (Fsp3) is 1.00. The summed E-state index contributed by atoms with van der Waals surface area (Å²) in [6.45, 7) is 2.31. The van der Waals surface area contributed by atoms with Crippen LogP contribution in [0.2, 0.25) is 0 Å². The molecule has 0 aromatic rings. The van der Waals surface area contributed by atoms with Gasteiger partial charge in [-0.1, -0.05) is 26.2 Å². The molecule has 0 amide bonds. The molecule has 1 N–H and O–H groups in total. The maximum atomic E-state index is 8.45. The van der Waals surface area contributed by atoms with Crippen LogP contribution in [-0.4, -0.2) is 11.2 Å². The highest BCUT2D eigenvalue weighted by Crippen LogP contribution is 2.24. The number of hydrogen-bond donors (Lipinski definition) is 1. The average Bonchev–Trinajstić information content (AvgIpc) is 1.80.